The molecule has 0 aliphatic heterocycles. The minimum absolute atomic E-state index is 0.0705. The van der Waals surface area contributed by atoms with E-state index in [1.54, 1.807) is 0 Å². The number of phenols is 1. The first-order chi connectivity index (χ1) is 5.04. The quantitative estimate of drug-likeness (QED) is 0.427. The molecule has 1 nitrogen and oxygen atoms in total. The number of thiol groups is 4. The Hall–Kier alpha value is 0.420. The van der Waals surface area contributed by atoms with Crippen LogP contribution >= 0.6 is 50.5 Å². The van der Waals surface area contributed by atoms with Crippen molar-refractivity contribution in [3.8, 4) is 5.75 Å². The van der Waals surface area contributed by atoms with Gasteiger partial charge in [-0.3, -0.25) is 0 Å². The molecule has 60 valence electrons. The van der Waals surface area contributed by atoms with Crippen molar-refractivity contribution in [3.63, 3.8) is 0 Å². The van der Waals surface area contributed by atoms with Crippen molar-refractivity contribution < 1.29 is 5.11 Å². The highest BCUT2D eigenvalue weighted by atomic mass is 32.1. The zero-order valence-electron chi connectivity index (χ0n) is 5.31. The Bertz CT molecular complexity index is 271. The second kappa shape index (κ2) is 3.43. The highest BCUT2D eigenvalue weighted by molar-refractivity contribution is 7.86. The predicted molar refractivity (Wildman–Crippen MR) is 57.1 cm³/mol. The lowest BCUT2D eigenvalue weighted by Gasteiger charge is -2.06. The van der Waals surface area contributed by atoms with E-state index < -0.39 is 0 Å². The molecule has 0 spiro atoms. The molecule has 0 bridgehead atoms. The molecule has 0 amide bonds. The molecule has 0 saturated carbocycles. The van der Waals surface area contributed by atoms with Crippen molar-refractivity contribution in [3.05, 3.63) is 6.07 Å². The standard InChI is InChI=1S/C6H6OS4/c7-2-1-3(8)5(10)6(11)4(2)9/h1,7-11H. The van der Waals surface area contributed by atoms with E-state index >= 15 is 0 Å². The predicted octanol–water partition coefficient (Wildman–Crippen LogP) is 2.55. The van der Waals surface area contributed by atoms with Gasteiger partial charge in [-0.15, -0.1) is 50.5 Å². The van der Waals surface area contributed by atoms with Crippen molar-refractivity contribution in [1.29, 1.82) is 0 Å². The van der Waals surface area contributed by atoms with Crippen molar-refractivity contribution in [1.82, 2.24) is 0 Å². The topological polar surface area (TPSA) is 20.2 Å². The normalized spacial score (nSPS) is 10.2. The molecule has 1 aromatic rings. The van der Waals surface area contributed by atoms with Crippen LogP contribution < -0.4 is 0 Å². The van der Waals surface area contributed by atoms with Gasteiger partial charge in [0.2, 0.25) is 0 Å². The van der Waals surface area contributed by atoms with Crippen LogP contribution in [0.25, 0.3) is 0 Å². The van der Waals surface area contributed by atoms with Gasteiger partial charge < -0.3 is 5.11 Å². The van der Waals surface area contributed by atoms with Crippen molar-refractivity contribution in [2.24, 2.45) is 0 Å². The first-order valence-electron chi connectivity index (χ1n) is 2.70. The molecule has 0 aliphatic rings. The summed E-state index contributed by atoms with van der Waals surface area (Å²) in [5.41, 5.74) is 0. The third-order valence-electron chi connectivity index (χ3n) is 1.21. The summed E-state index contributed by atoms with van der Waals surface area (Å²) in [5, 5.41) is 9.20. The number of hydrogen-bond donors (Lipinski definition) is 5. The first-order valence-corrected chi connectivity index (χ1v) is 4.48. The molecule has 1 N–H and O–H groups in total. The van der Waals surface area contributed by atoms with Crippen LogP contribution in [-0.2, 0) is 0 Å². The van der Waals surface area contributed by atoms with Crippen LogP contribution in [0.1, 0.15) is 0 Å². The molecule has 0 radical (unpaired) electrons. The van der Waals surface area contributed by atoms with Gasteiger partial charge in [0.05, 0.1) is 4.90 Å². The van der Waals surface area contributed by atoms with Crippen LogP contribution in [0, 0.1) is 0 Å². The molecular weight excluding hydrogens is 216 g/mol. The van der Waals surface area contributed by atoms with Gasteiger partial charge in [0.25, 0.3) is 0 Å². The zero-order chi connectivity index (χ0) is 8.59. The minimum atomic E-state index is 0.0705. The Kier molecular flexibility index (Phi) is 2.96. The summed E-state index contributed by atoms with van der Waals surface area (Å²) in [4.78, 5) is 2.19. The summed E-state index contributed by atoms with van der Waals surface area (Å²) in [5.74, 6) is 0.0705. The Morgan fingerprint density at radius 1 is 0.909 bits per heavy atom. The largest absolute Gasteiger partial charge is 0.507 e. The fraction of sp³-hybridized carbons (Fsp3) is 0. The first kappa shape index (κ1) is 9.51. The van der Waals surface area contributed by atoms with Crippen LogP contribution in [0.3, 0.4) is 0 Å². The van der Waals surface area contributed by atoms with E-state index in [0.717, 1.165) is 0 Å². The second-order valence-corrected chi connectivity index (χ2v) is 3.78. The fourth-order valence-corrected chi connectivity index (χ4v) is 1.62. The minimum Gasteiger partial charge on any atom is -0.507 e. The monoisotopic (exact) mass is 222 g/mol. The lowest BCUT2D eigenvalue weighted by atomic mass is 10.3. The summed E-state index contributed by atoms with van der Waals surface area (Å²) in [7, 11) is 0. The fourth-order valence-electron chi connectivity index (χ4n) is 0.621. The average molecular weight is 222 g/mol. The third kappa shape index (κ3) is 1.77. The molecule has 0 saturated heterocycles. The number of hydrogen-bond acceptors (Lipinski definition) is 5. The summed E-state index contributed by atoms with van der Waals surface area (Å²) < 4.78 is 0. The summed E-state index contributed by atoms with van der Waals surface area (Å²) in [6, 6.07) is 1.48. The van der Waals surface area contributed by atoms with E-state index in [-0.39, 0.29) is 5.75 Å². The van der Waals surface area contributed by atoms with Crippen molar-refractivity contribution in [2.75, 3.05) is 0 Å². The molecular formula is C6H6OS4. The Morgan fingerprint density at radius 2 is 1.45 bits per heavy atom. The van der Waals surface area contributed by atoms with E-state index in [9.17, 15) is 5.11 Å². The van der Waals surface area contributed by atoms with E-state index in [0.29, 0.717) is 19.6 Å². The summed E-state index contributed by atoms with van der Waals surface area (Å²) >= 11 is 16.3. The molecule has 1 rings (SSSR count). The maximum Gasteiger partial charge on any atom is 0.131 e. The average Bonchev–Trinajstić information content (AvgIpc) is 1.97. The zero-order valence-corrected chi connectivity index (χ0v) is 8.89. The summed E-state index contributed by atoms with van der Waals surface area (Å²) in [6.07, 6.45) is 0. The van der Waals surface area contributed by atoms with Crippen LogP contribution in [0.5, 0.6) is 5.75 Å². The maximum atomic E-state index is 9.20. The van der Waals surface area contributed by atoms with Gasteiger partial charge in [-0.2, -0.15) is 0 Å². The highest BCUT2D eigenvalue weighted by Gasteiger charge is 2.07. The van der Waals surface area contributed by atoms with E-state index in [1.165, 1.54) is 6.07 Å². The van der Waals surface area contributed by atoms with Crippen LogP contribution in [0.4, 0.5) is 0 Å². The van der Waals surface area contributed by atoms with Crippen LogP contribution in [0.15, 0.2) is 25.6 Å². The number of phenolic OH excluding ortho intramolecular Hbond substituents is 1. The third-order valence-corrected chi connectivity index (χ3v) is 3.45. The number of rotatable bonds is 0. The summed E-state index contributed by atoms with van der Waals surface area (Å²) in [6.45, 7) is 0. The molecule has 1 aromatic carbocycles. The number of aromatic hydroxyl groups is 1. The van der Waals surface area contributed by atoms with Gasteiger partial charge >= 0.3 is 0 Å². The van der Waals surface area contributed by atoms with Gasteiger partial charge in [0.1, 0.15) is 5.75 Å². The molecule has 0 aromatic heterocycles. The lowest BCUT2D eigenvalue weighted by molar-refractivity contribution is 0.456. The molecule has 0 aliphatic carbocycles. The van der Waals surface area contributed by atoms with Gasteiger partial charge in [-0.1, -0.05) is 0 Å². The number of benzene rings is 1. The Morgan fingerprint density at radius 3 is 2.00 bits per heavy atom. The second-order valence-electron chi connectivity index (χ2n) is 1.96. The van der Waals surface area contributed by atoms with Gasteiger partial charge in [0, 0.05) is 14.7 Å². The molecule has 0 fully saturated rings. The van der Waals surface area contributed by atoms with Crippen molar-refractivity contribution in [2.45, 2.75) is 19.6 Å². The Balaban J connectivity index is 3.46. The SMILES string of the molecule is Oc1cc(S)c(S)c(S)c1S. The molecule has 0 atom stereocenters. The van der Waals surface area contributed by atoms with Gasteiger partial charge in [-0.25, -0.2) is 0 Å². The molecule has 0 heterocycles. The molecule has 11 heavy (non-hydrogen) atoms. The maximum absolute atomic E-state index is 9.20. The lowest BCUT2D eigenvalue weighted by Crippen LogP contribution is -1.79. The smallest absolute Gasteiger partial charge is 0.131 e. The Labute approximate surface area is 86.8 Å². The van der Waals surface area contributed by atoms with Gasteiger partial charge in [-0.05, 0) is 6.07 Å². The van der Waals surface area contributed by atoms with Crippen LogP contribution in [0.2, 0.25) is 0 Å². The van der Waals surface area contributed by atoms with Gasteiger partial charge in [0.15, 0.2) is 0 Å². The van der Waals surface area contributed by atoms with Crippen molar-refractivity contribution >= 4 is 50.5 Å². The van der Waals surface area contributed by atoms with Crippen LogP contribution in [-0.4, -0.2) is 5.11 Å². The van der Waals surface area contributed by atoms with E-state index in [2.05, 4.69) is 50.5 Å². The van der Waals surface area contributed by atoms with E-state index in [4.69, 9.17) is 0 Å². The highest BCUT2D eigenvalue weighted by Crippen LogP contribution is 2.36. The molecule has 0 unspecified atom stereocenters. The van der Waals surface area contributed by atoms with E-state index in [1.807, 2.05) is 0 Å². The molecule has 5 heteroatoms.